The van der Waals surface area contributed by atoms with Gasteiger partial charge in [-0.3, -0.25) is 9.69 Å². The summed E-state index contributed by atoms with van der Waals surface area (Å²) in [6.45, 7) is 5.11. The van der Waals surface area contributed by atoms with E-state index in [1.807, 2.05) is 24.3 Å². The van der Waals surface area contributed by atoms with Gasteiger partial charge in [0, 0.05) is 31.6 Å². The average Bonchev–Trinajstić information content (AvgIpc) is 3.02. The van der Waals surface area contributed by atoms with Crippen molar-refractivity contribution < 1.29 is 14.1 Å². The molecule has 1 N–H and O–H groups in total. The molecule has 8 heteroatoms. The van der Waals surface area contributed by atoms with E-state index in [9.17, 15) is 4.79 Å². The molecule has 1 aliphatic rings. The average molecular weight is 365 g/mol. The van der Waals surface area contributed by atoms with E-state index in [2.05, 4.69) is 20.4 Å². The number of benzene rings is 1. The van der Waals surface area contributed by atoms with Crippen LogP contribution in [0.25, 0.3) is 0 Å². The number of hydrogen-bond acceptors (Lipinski definition) is 6. The number of carbonyl (C=O) groups is 1. The molecular formula is C17H21ClN4O3. The summed E-state index contributed by atoms with van der Waals surface area (Å²) in [5.41, 5.74) is 1.00. The van der Waals surface area contributed by atoms with Crippen LogP contribution in [-0.4, -0.2) is 53.8 Å². The van der Waals surface area contributed by atoms with Crippen LogP contribution in [0.15, 0.2) is 28.8 Å². The van der Waals surface area contributed by atoms with Gasteiger partial charge in [0.15, 0.2) is 5.82 Å². The van der Waals surface area contributed by atoms with Crippen LogP contribution in [0.2, 0.25) is 5.02 Å². The van der Waals surface area contributed by atoms with Crippen molar-refractivity contribution in [3.8, 4) is 0 Å². The lowest BCUT2D eigenvalue weighted by atomic mass is 10.0. The molecule has 1 unspecified atom stereocenters. The van der Waals surface area contributed by atoms with Crippen molar-refractivity contribution in [1.29, 1.82) is 0 Å². The number of aryl methyl sites for hydroxylation is 1. The van der Waals surface area contributed by atoms with Crippen molar-refractivity contribution >= 4 is 17.5 Å². The van der Waals surface area contributed by atoms with Gasteiger partial charge >= 0.3 is 0 Å². The van der Waals surface area contributed by atoms with Gasteiger partial charge in [0.05, 0.1) is 25.7 Å². The van der Waals surface area contributed by atoms with Gasteiger partial charge in [-0.15, -0.1) is 0 Å². The molecule has 1 aromatic heterocycles. The Kier molecular flexibility index (Phi) is 6.01. The fourth-order valence-electron chi connectivity index (χ4n) is 2.90. The van der Waals surface area contributed by atoms with E-state index in [1.165, 1.54) is 0 Å². The number of hydrogen-bond donors (Lipinski definition) is 1. The van der Waals surface area contributed by atoms with Crippen molar-refractivity contribution in [3.63, 3.8) is 0 Å². The molecule has 134 valence electrons. The number of carbonyl (C=O) groups excluding carboxylic acids is 1. The van der Waals surface area contributed by atoms with Crippen LogP contribution in [0.3, 0.4) is 0 Å². The molecule has 0 aliphatic carbocycles. The summed E-state index contributed by atoms with van der Waals surface area (Å²) in [6.07, 6.45) is 0.0929. The molecule has 1 fully saturated rings. The Bertz CT molecular complexity index is 715. The summed E-state index contributed by atoms with van der Waals surface area (Å²) >= 11 is 6.38. The Morgan fingerprint density at radius 3 is 2.80 bits per heavy atom. The fraction of sp³-hybridized carbons (Fsp3) is 0.471. The molecule has 25 heavy (non-hydrogen) atoms. The van der Waals surface area contributed by atoms with E-state index in [4.69, 9.17) is 20.9 Å². The predicted molar refractivity (Wildman–Crippen MR) is 92.3 cm³/mol. The quantitative estimate of drug-likeness (QED) is 0.841. The lowest BCUT2D eigenvalue weighted by Gasteiger charge is -2.35. The van der Waals surface area contributed by atoms with Crippen molar-refractivity contribution in [2.45, 2.75) is 19.4 Å². The Morgan fingerprint density at radius 1 is 1.36 bits per heavy atom. The van der Waals surface area contributed by atoms with Gasteiger partial charge in [0.2, 0.25) is 11.8 Å². The molecule has 7 nitrogen and oxygen atoms in total. The largest absolute Gasteiger partial charge is 0.379 e. The first kappa shape index (κ1) is 17.8. The smallest absolute Gasteiger partial charge is 0.227 e. The molecule has 0 bridgehead atoms. The van der Waals surface area contributed by atoms with Crippen LogP contribution in [-0.2, 0) is 16.0 Å². The molecule has 1 aromatic carbocycles. The Balaban J connectivity index is 1.67. The second-order valence-electron chi connectivity index (χ2n) is 5.90. The van der Waals surface area contributed by atoms with Gasteiger partial charge in [0.1, 0.15) is 0 Å². The Hall–Kier alpha value is -1.96. The zero-order chi connectivity index (χ0) is 17.6. The fourth-order valence-corrected chi connectivity index (χ4v) is 3.16. The van der Waals surface area contributed by atoms with Crippen molar-refractivity contribution in [2.24, 2.45) is 0 Å². The second-order valence-corrected chi connectivity index (χ2v) is 6.30. The number of nitrogens with zero attached hydrogens (tertiary/aromatic N) is 3. The van der Waals surface area contributed by atoms with Crippen LogP contribution in [0.4, 0.5) is 0 Å². The summed E-state index contributed by atoms with van der Waals surface area (Å²) in [5, 5.41) is 7.41. The lowest BCUT2D eigenvalue weighted by Crippen LogP contribution is -2.44. The van der Waals surface area contributed by atoms with Crippen molar-refractivity contribution in [2.75, 3.05) is 32.8 Å². The van der Waals surface area contributed by atoms with Gasteiger partial charge in [-0.25, -0.2) is 0 Å². The number of amides is 1. The van der Waals surface area contributed by atoms with E-state index < -0.39 is 0 Å². The van der Waals surface area contributed by atoms with E-state index in [0.717, 1.165) is 18.7 Å². The van der Waals surface area contributed by atoms with E-state index in [0.29, 0.717) is 36.5 Å². The maximum atomic E-state index is 12.2. The molecule has 1 amide bonds. The van der Waals surface area contributed by atoms with Gasteiger partial charge in [-0.2, -0.15) is 4.98 Å². The molecule has 2 heterocycles. The van der Waals surface area contributed by atoms with Gasteiger partial charge in [0.25, 0.3) is 0 Å². The van der Waals surface area contributed by atoms with Crippen molar-refractivity contribution in [1.82, 2.24) is 20.4 Å². The van der Waals surface area contributed by atoms with E-state index >= 15 is 0 Å². The SMILES string of the molecule is Cc1nc(CC(=O)NCC(c2ccccc2Cl)N2CCOCC2)no1. The second kappa shape index (κ2) is 8.42. The topological polar surface area (TPSA) is 80.5 Å². The van der Waals surface area contributed by atoms with Crippen molar-refractivity contribution in [3.05, 3.63) is 46.6 Å². The molecule has 2 aromatic rings. The molecule has 1 aliphatic heterocycles. The Morgan fingerprint density at radius 2 is 2.12 bits per heavy atom. The highest BCUT2D eigenvalue weighted by Gasteiger charge is 2.25. The summed E-state index contributed by atoms with van der Waals surface area (Å²) in [7, 11) is 0. The zero-order valence-corrected chi connectivity index (χ0v) is 14.8. The zero-order valence-electron chi connectivity index (χ0n) is 14.1. The number of rotatable bonds is 6. The maximum Gasteiger partial charge on any atom is 0.227 e. The standard InChI is InChI=1S/C17H21ClN4O3/c1-12-20-16(21-25-12)10-17(23)19-11-15(22-6-8-24-9-7-22)13-4-2-3-5-14(13)18/h2-5,15H,6-11H2,1H3,(H,19,23). The van der Waals surface area contributed by atoms with Crippen LogP contribution in [0.5, 0.6) is 0 Å². The molecule has 0 saturated carbocycles. The molecule has 0 spiro atoms. The summed E-state index contributed by atoms with van der Waals surface area (Å²) in [6, 6.07) is 7.72. The summed E-state index contributed by atoms with van der Waals surface area (Å²) in [5.74, 6) is 0.687. The predicted octanol–water partition coefficient (Wildman–Crippen LogP) is 1.76. The normalized spacial score (nSPS) is 16.6. The van der Waals surface area contributed by atoms with Crippen LogP contribution >= 0.6 is 11.6 Å². The number of morpholine rings is 1. The monoisotopic (exact) mass is 364 g/mol. The summed E-state index contributed by atoms with van der Waals surface area (Å²) < 4.78 is 10.3. The highest BCUT2D eigenvalue weighted by molar-refractivity contribution is 6.31. The molecule has 1 saturated heterocycles. The van der Waals surface area contributed by atoms with E-state index in [1.54, 1.807) is 6.92 Å². The minimum absolute atomic E-state index is 0.00597. The molecule has 3 rings (SSSR count). The third-order valence-corrected chi connectivity index (χ3v) is 4.48. The van der Waals surface area contributed by atoms with Gasteiger partial charge in [-0.1, -0.05) is 35.0 Å². The Labute approximate surface area is 151 Å². The van der Waals surface area contributed by atoms with Crippen LogP contribution in [0, 0.1) is 6.92 Å². The first-order valence-electron chi connectivity index (χ1n) is 8.25. The number of ether oxygens (including phenoxy) is 1. The highest BCUT2D eigenvalue weighted by atomic mass is 35.5. The number of aromatic nitrogens is 2. The molecule has 1 atom stereocenters. The maximum absolute atomic E-state index is 12.2. The lowest BCUT2D eigenvalue weighted by molar-refractivity contribution is -0.120. The third-order valence-electron chi connectivity index (χ3n) is 4.13. The molecule has 0 radical (unpaired) electrons. The number of nitrogens with one attached hydrogen (secondary N) is 1. The highest BCUT2D eigenvalue weighted by Crippen LogP contribution is 2.27. The van der Waals surface area contributed by atoms with E-state index in [-0.39, 0.29) is 18.4 Å². The summed E-state index contributed by atoms with van der Waals surface area (Å²) in [4.78, 5) is 18.6. The minimum Gasteiger partial charge on any atom is -0.379 e. The molecular weight excluding hydrogens is 344 g/mol. The third kappa shape index (κ3) is 4.78. The van der Waals surface area contributed by atoms with Crippen LogP contribution in [0.1, 0.15) is 23.3 Å². The van der Waals surface area contributed by atoms with Gasteiger partial charge in [-0.05, 0) is 11.6 Å². The number of halogens is 1. The van der Waals surface area contributed by atoms with Gasteiger partial charge < -0.3 is 14.6 Å². The minimum atomic E-state index is -0.147. The van der Waals surface area contributed by atoms with Crippen LogP contribution < -0.4 is 5.32 Å². The first-order chi connectivity index (χ1) is 12.1. The first-order valence-corrected chi connectivity index (χ1v) is 8.63.